The van der Waals surface area contributed by atoms with E-state index in [0.29, 0.717) is 0 Å². The van der Waals surface area contributed by atoms with E-state index in [1.54, 1.807) is 7.05 Å². The number of benzene rings is 3. The summed E-state index contributed by atoms with van der Waals surface area (Å²) in [5.41, 5.74) is 3.00. The van der Waals surface area contributed by atoms with E-state index in [-0.39, 0.29) is 30.9 Å². The zero-order chi connectivity index (χ0) is 20.8. The molecule has 3 rings (SSSR count). The number of amides is 2. The molecule has 0 spiro atoms. The van der Waals surface area contributed by atoms with Gasteiger partial charge in [-0.2, -0.15) is 0 Å². The fourth-order valence-electron chi connectivity index (χ4n) is 3.25. The van der Waals surface area contributed by atoms with E-state index in [1.165, 1.54) is 15.7 Å². The first-order valence-electron chi connectivity index (χ1n) is 9.75. The molecule has 3 aromatic carbocycles. The highest BCUT2D eigenvalue weighted by atomic mass is 16.2. The number of rotatable bonds is 7. The highest BCUT2D eigenvalue weighted by molar-refractivity contribution is 5.94. The second-order valence-corrected chi connectivity index (χ2v) is 7.33. The summed E-state index contributed by atoms with van der Waals surface area (Å²) in [6, 6.07) is 22.0. The van der Waals surface area contributed by atoms with Gasteiger partial charge in [0.25, 0.3) is 0 Å². The molecule has 0 radical (unpaired) electrons. The van der Waals surface area contributed by atoms with Gasteiger partial charge in [0.15, 0.2) is 0 Å². The molecule has 0 aliphatic heterocycles. The lowest BCUT2D eigenvalue weighted by molar-refractivity contribution is -0.132. The average Bonchev–Trinajstić information content (AvgIpc) is 2.72. The second kappa shape index (κ2) is 9.34. The van der Waals surface area contributed by atoms with Gasteiger partial charge in [-0.25, -0.2) is 0 Å². The van der Waals surface area contributed by atoms with Gasteiger partial charge in [0.05, 0.1) is 13.1 Å². The molecule has 0 unspecified atom stereocenters. The van der Waals surface area contributed by atoms with Crippen LogP contribution in [0.25, 0.3) is 10.8 Å². The molecule has 0 fully saturated rings. The maximum absolute atomic E-state index is 12.5. The third-order valence-corrected chi connectivity index (χ3v) is 4.99. The van der Waals surface area contributed by atoms with Crippen LogP contribution in [-0.4, -0.2) is 36.9 Å². The molecule has 0 heterocycles. The van der Waals surface area contributed by atoms with Gasteiger partial charge in [-0.3, -0.25) is 9.59 Å². The van der Waals surface area contributed by atoms with E-state index in [4.69, 9.17) is 0 Å². The number of anilines is 1. The monoisotopic (exact) mass is 389 g/mol. The summed E-state index contributed by atoms with van der Waals surface area (Å²) in [5.74, 6) is -0.344. The van der Waals surface area contributed by atoms with Gasteiger partial charge >= 0.3 is 0 Å². The van der Waals surface area contributed by atoms with Gasteiger partial charge < -0.3 is 15.5 Å². The van der Waals surface area contributed by atoms with Crippen molar-refractivity contribution in [2.75, 3.05) is 25.5 Å². The number of fused-ring (bicyclic) bond motifs is 1. The zero-order valence-corrected chi connectivity index (χ0v) is 17.1. The lowest BCUT2D eigenvalue weighted by Crippen LogP contribution is -2.40. The molecule has 0 aromatic heterocycles. The van der Waals surface area contributed by atoms with Gasteiger partial charge in [-0.15, -0.1) is 0 Å². The molecule has 2 N–H and O–H groups in total. The number of nitrogens with zero attached hydrogens (tertiary/aromatic N) is 1. The Bertz CT molecular complexity index is 993. The maximum atomic E-state index is 12.5. The fraction of sp³-hybridized carbons (Fsp3) is 0.250. The molecule has 5 nitrogen and oxygen atoms in total. The summed E-state index contributed by atoms with van der Waals surface area (Å²) in [6.07, 6.45) is 0. The quantitative estimate of drug-likeness (QED) is 0.644. The van der Waals surface area contributed by atoms with Crippen molar-refractivity contribution in [3.63, 3.8) is 0 Å². The first-order valence-corrected chi connectivity index (χ1v) is 9.75. The summed E-state index contributed by atoms with van der Waals surface area (Å²) in [5, 5.41) is 8.44. The van der Waals surface area contributed by atoms with Crippen LogP contribution in [0.2, 0.25) is 0 Å². The SMILES string of the molecule is Cc1ccc(NC(=O)CN(C)C(=O)CN[C@@H](C)c2cccc3ccccc23)cc1. The highest BCUT2D eigenvalue weighted by Crippen LogP contribution is 2.23. The lowest BCUT2D eigenvalue weighted by Gasteiger charge is -2.20. The summed E-state index contributed by atoms with van der Waals surface area (Å²) in [6.45, 7) is 4.21. The van der Waals surface area contributed by atoms with Gasteiger partial charge in [0.1, 0.15) is 0 Å². The largest absolute Gasteiger partial charge is 0.335 e. The van der Waals surface area contributed by atoms with Crippen molar-refractivity contribution in [2.24, 2.45) is 0 Å². The van der Waals surface area contributed by atoms with E-state index in [9.17, 15) is 9.59 Å². The topological polar surface area (TPSA) is 61.4 Å². The molecule has 0 saturated heterocycles. The maximum Gasteiger partial charge on any atom is 0.243 e. The number of nitrogens with one attached hydrogen (secondary N) is 2. The minimum atomic E-state index is -0.216. The molecule has 0 bridgehead atoms. The third-order valence-electron chi connectivity index (χ3n) is 4.99. The average molecular weight is 389 g/mol. The Morgan fingerprint density at radius 3 is 2.41 bits per heavy atom. The van der Waals surface area contributed by atoms with Crippen LogP contribution < -0.4 is 10.6 Å². The summed E-state index contributed by atoms with van der Waals surface area (Å²) >= 11 is 0. The lowest BCUT2D eigenvalue weighted by atomic mass is 10.00. The predicted octanol–water partition coefficient (Wildman–Crippen LogP) is 3.90. The Hall–Kier alpha value is -3.18. The molecule has 1 atom stereocenters. The number of hydrogen-bond acceptors (Lipinski definition) is 3. The molecule has 0 aliphatic rings. The molecule has 29 heavy (non-hydrogen) atoms. The Kier molecular flexibility index (Phi) is 6.62. The summed E-state index contributed by atoms with van der Waals surface area (Å²) < 4.78 is 0. The summed E-state index contributed by atoms with van der Waals surface area (Å²) in [7, 11) is 1.64. The minimum Gasteiger partial charge on any atom is -0.335 e. The van der Waals surface area contributed by atoms with Gasteiger partial charge in [-0.1, -0.05) is 60.2 Å². The number of aryl methyl sites for hydroxylation is 1. The van der Waals surface area contributed by atoms with Crippen molar-refractivity contribution in [1.82, 2.24) is 10.2 Å². The van der Waals surface area contributed by atoms with Crippen LogP contribution >= 0.6 is 0 Å². The number of carbonyl (C=O) groups is 2. The van der Waals surface area contributed by atoms with E-state index in [0.717, 1.165) is 16.8 Å². The van der Waals surface area contributed by atoms with Crippen molar-refractivity contribution in [3.05, 3.63) is 77.9 Å². The predicted molar refractivity (Wildman–Crippen MR) is 118 cm³/mol. The standard InChI is InChI=1S/C24H27N3O2/c1-17-11-13-20(14-12-17)26-23(28)16-27(3)24(29)15-25-18(2)21-10-6-8-19-7-4-5-9-22(19)21/h4-14,18,25H,15-16H2,1-3H3,(H,26,28)/t18-/m0/s1. The number of carbonyl (C=O) groups excluding carboxylic acids is 2. The normalized spacial score (nSPS) is 11.8. The van der Waals surface area contributed by atoms with Gasteiger partial charge in [0, 0.05) is 18.8 Å². The highest BCUT2D eigenvalue weighted by Gasteiger charge is 2.15. The Balaban J connectivity index is 1.52. The van der Waals surface area contributed by atoms with E-state index in [2.05, 4.69) is 34.9 Å². The van der Waals surface area contributed by atoms with Crippen molar-refractivity contribution in [2.45, 2.75) is 19.9 Å². The van der Waals surface area contributed by atoms with Crippen LogP contribution in [0, 0.1) is 6.92 Å². The Morgan fingerprint density at radius 2 is 1.66 bits per heavy atom. The fourth-order valence-corrected chi connectivity index (χ4v) is 3.25. The molecule has 2 amide bonds. The molecular weight excluding hydrogens is 362 g/mol. The van der Waals surface area contributed by atoms with Crippen LogP contribution in [0.5, 0.6) is 0 Å². The Labute approximate surface area is 171 Å². The minimum absolute atomic E-state index is 0.0110. The number of likely N-dealkylation sites (N-methyl/N-ethyl adjacent to an activating group) is 1. The first-order chi connectivity index (χ1) is 13.9. The van der Waals surface area contributed by atoms with Crippen molar-refractivity contribution < 1.29 is 9.59 Å². The molecule has 3 aromatic rings. The molecule has 0 saturated carbocycles. The van der Waals surface area contributed by atoms with Crippen molar-refractivity contribution in [1.29, 1.82) is 0 Å². The molecule has 150 valence electrons. The summed E-state index contributed by atoms with van der Waals surface area (Å²) in [4.78, 5) is 26.1. The van der Waals surface area contributed by atoms with Crippen LogP contribution in [0.1, 0.15) is 24.1 Å². The van der Waals surface area contributed by atoms with E-state index < -0.39 is 0 Å². The Morgan fingerprint density at radius 1 is 0.966 bits per heavy atom. The van der Waals surface area contributed by atoms with Crippen molar-refractivity contribution >= 4 is 28.3 Å². The van der Waals surface area contributed by atoms with Gasteiger partial charge in [-0.05, 0) is 42.3 Å². The first kappa shape index (κ1) is 20.6. The molecule has 0 aliphatic carbocycles. The van der Waals surface area contributed by atoms with Gasteiger partial charge in [0.2, 0.25) is 11.8 Å². The smallest absolute Gasteiger partial charge is 0.243 e. The van der Waals surface area contributed by atoms with Crippen molar-refractivity contribution in [3.8, 4) is 0 Å². The second-order valence-electron chi connectivity index (χ2n) is 7.33. The molecule has 5 heteroatoms. The zero-order valence-electron chi connectivity index (χ0n) is 17.1. The van der Waals surface area contributed by atoms with Crippen LogP contribution in [0.15, 0.2) is 66.7 Å². The van der Waals surface area contributed by atoms with Crippen LogP contribution in [-0.2, 0) is 9.59 Å². The third kappa shape index (κ3) is 5.42. The van der Waals surface area contributed by atoms with E-state index >= 15 is 0 Å². The van der Waals surface area contributed by atoms with Crippen LogP contribution in [0.4, 0.5) is 5.69 Å². The van der Waals surface area contributed by atoms with E-state index in [1.807, 2.05) is 56.3 Å². The van der Waals surface area contributed by atoms with Crippen LogP contribution in [0.3, 0.4) is 0 Å². The molecular formula is C24H27N3O2. The number of hydrogen-bond donors (Lipinski definition) is 2.